The Bertz CT molecular complexity index is 333. The zero-order chi connectivity index (χ0) is 13.1. The normalized spacial score (nSPS) is 14.3. The van der Waals surface area contributed by atoms with Crippen LogP contribution in [0.25, 0.3) is 0 Å². The first-order valence-corrected chi connectivity index (χ1v) is 6.62. The molecule has 0 aliphatic carbocycles. The third kappa shape index (κ3) is 4.15. The lowest BCUT2D eigenvalue weighted by Gasteiger charge is -2.31. The fourth-order valence-electron chi connectivity index (χ4n) is 1.91. The molecule has 17 heavy (non-hydrogen) atoms. The molecule has 0 fully saturated rings. The van der Waals surface area contributed by atoms with Crippen LogP contribution in [0.4, 0.5) is 0 Å². The zero-order valence-electron chi connectivity index (χ0n) is 12.1. The summed E-state index contributed by atoms with van der Waals surface area (Å²) in [5, 5.41) is 8.18. The average molecular weight is 237 g/mol. The highest BCUT2D eigenvalue weighted by atomic mass is 15.3. The Hall–Kier alpha value is -0.830. The molecule has 1 aromatic heterocycles. The van der Waals surface area contributed by atoms with Crippen LogP contribution in [0, 0.1) is 5.41 Å². The summed E-state index contributed by atoms with van der Waals surface area (Å²) in [6.07, 6.45) is 3.07. The van der Waals surface area contributed by atoms with E-state index in [2.05, 4.69) is 64.2 Å². The molecule has 1 N–H and O–H groups in total. The maximum atomic E-state index is 4.62. The van der Waals surface area contributed by atoms with Crippen molar-refractivity contribution in [3.63, 3.8) is 0 Å². The highest BCUT2D eigenvalue weighted by molar-refractivity contribution is 5.03. The van der Waals surface area contributed by atoms with E-state index in [9.17, 15) is 0 Å². The van der Waals surface area contributed by atoms with Gasteiger partial charge in [-0.3, -0.25) is 4.68 Å². The van der Waals surface area contributed by atoms with E-state index in [4.69, 9.17) is 0 Å². The van der Waals surface area contributed by atoms with Crippen LogP contribution in [-0.2, 0) is 6.42 Å². The van der Waals surface area contributed by atoms with E-state index >= 15 is 0 Å². The van der Waals surface area contributed by atoms with Gasteiger partial charge in [-0.2, -0.15) is 5.10 Å². The van der Waals surface area contributed by atoms with Crippen LogP contribution < -0.4 is 5.32 Å². The van der Waals surface area contributed by atoms with Crippen molar-refractivity contribution in [2.75, 3.05) is 6.54 Å². The van der Waals surface area contributed by atoms with Gasteiger partial charge in [0.25, 0.3) is 0 Å². The van der Waals surface area contributed by atoms with Crippen molar-refractivity contribution < 1.29 is 0 Å². The predicted molar refractivity (Wildman–Crippen MR) is 73.2 cm³/mol. The first kappa shape index (κ1) is 14.2. The molecule has 0 saturated heterocycles. The Kier molecular flexibility index (Phi) is 4.75. The van der Waals surface area contributed by atoms with Gasteiger partial charge in [0.15, 0.2) is 0 Å². The molecule has 0 aromatic carbocycles. The maximum absolute atomic E-state index is 4.62. The minimum atomic E-state index is 0.262. The van der Waals surface area contributed by atoms with Crippen LogP contribution in [0.5, 0.6) is 0 Å². The van der Waals surface area contributed by atoms with E-state index in [1.807, 2.05) is 4.68 Å². The Morgan fingerprint density at radius 3 is 2.41 bits per heavy atom. The van der Waals surface area contributed by atoms with Crippen LogP contribution in [0.1, 0.15) is 53.3 Å². The topological polar surface area (TPSA) is 29.9 Å². The van der Waals surface area contributed by atoms with Crippen molar-refractivity contribution >= 4 is 0 Å². The van der Waals surface area contributed by atoms with Gasteiger partial charge >= 0.3 is 0 Å². The van der Waals surface area contributed by atoms with Crippen LogP contribution >= 0.6 is 0 Å². The van der Waals surface area contributed by atoms with E-state index in [-0.39, 0.29) is 5.41 Å². The molecule has 1 unspecified atom stereocenters. The van der Waals surface area contributed by atoms with E-state index in [0.717, 1.165) is 13.0 Å². The molecule has 0 radical (unpaired) electrons. The molecule has 1 heterocycles. The molecule has 0 bridgehead atoms. The Morgan fingerprint density at radius 2 is 2.00 bits per heavy atom. The minimum Gasteiger partial charge on any atom is -0.313 e. The van der Waals surface area contributed by atoms with E-state index in [1.54, 1.807) is 0 Å². The summed E-state index contributed by atoms with van der Waals surface area (Å²) in [4.78, 5) is 0. The third-order valence-electron chi connectivity index (χ3n) is 3.10. The molecule has 3 nitrogen and oxygen atoms in total. The van der Waals surface area contributed by atoms with E-state index < -0.39 is 0 Å². The quantitative estimate of drug-likeness (QED) is 0.853. The van der Waals surface area contributed by atoms with Crippen molar-refractivity contribution in [1.29, 1.82) is 0 Å². The molecule has 98 valence electrons. The lowest BCUT2D eigenvalue weighted by atomic mass is 9.84. The number of nitrogens with zero attached hydrogens (tertiary/aromatic N) is 2. The first-order chi connectivity index (χ1) is 7.84. The van der Waals surface area contributed by atoms with Crippen molar-refractivity contribution in [2.45, 2.75) is 60.0 Å². The zero-order valence-corrected chi connectivity index (χ0v) is 12.1. The standard InChI is InChI=1S/C14H27N3/c1-7-15-13(14(4,5)6)10-12-8-9-17(16-12)11(2)3/h8-9,11,13,15H,7,10H2,1-6H3. The molecule has 0 saturated carbocycles. The number of rotatable bonds is 5. The Morgan fingerprint density at radius 1 is 1.35 bits per heavy atom. The third-order valence-corrected chi connectivity index (χ3v) is 3.10. The fourth-order valence-corrected chi connectivity index (χ4v) is 1.91. The number of hydrogen-bond donors (Lipinski definition) is 1. The predicted octanol–water partition coefficient (Wildman–Crippen LogP) is 3.03. The minimum absolute atomic E-state index is 0.262. The summed E-state index contributed by atoms with van der Waals surface area (Å²) in [6.45, 7) is 14.3. The van der Waals surface area contributed by atoms with Crippen LogP contribution in [0.15, 0.2) is 12.3 Å². The van der Waals surface area contributed by atoms with Gasteiger partial charge in [-0.15, -0.1) is 0 Å². The maximum Gasteiger partial charge on any atom is 0.0640 e. The number of nitrogens with one attached hydrogen (secondary N) is 1. The molecule has 0 aliphatic rings. The second kappa shape index (κ2) is 5.67. The van der Waals surface area contributed by atoms with Crippen LogP contribution in [-0.4, -0.2) is 22.4 Å². The highest BCUT2D eigenvalue weighted by Gasteiger charge is 2.24. The second-order valence-electron chi connectivity index (χ2n) is 6.06. The van der Waals surface area contributed by atoms with Crippen LogP contribution in [0.3, 0.4) is 0 Å². The number of likely N-dealkylation sites (N-methyl/N-ethyl adjacent to an activating group) is 1. The van der Waals surface area contributed by atoms with Crippen molar-refractivity contribution in [3.05, 3.63) is 18.0 Å². The van der Waals surface area contributed by atoms with Gasteiger partial charge in [0.05, 0.1) is 5.69 Å². The lowest BCUT2D eigenvalue weighted by Crippen LogP contribution is -2.42. The molecule has 1 atom stereocenters. The molecule has 0 amide bonds. The summed E-state index contributed by atoms with van der Waals surface area (Å²) in [5.74, 6) is 0. The van der Waals surface area contributed by atoms with Gasteiger partial charge in [-0.1, -0.05) is 27.7 Å². The lowest BCUT2D eigenvalue weighted by molar-refractivity contribution is 0.268. The monoisotopic (exact) mass is 237 g/mol. The first-order valence-electron chi connectivity index (χ1n) is 6.62. The van der Waals surface area contributed by atoms with Gasteiger partial charge in [0.1, 0.15) is 0 Å². The average Bonchev–Trinajstić information content (AvgIpc) is 2.64. The summed E-state index contributed by atoms with van der Waals surface area (Å²) < 4.78 is 2.03. The molecule has 0 spiro atoms. The fraction of sp³-hybridized carbons (Fsp3) is 0.786. The summed E-state index contributed by atoms with van der Waals surface area (Å²) in [6, 6.07) is 3.05. The van der Waals surface area contributed by atoms with Gasteiger partial charge in [0, 0.05) is 24.7 Å². The summed E-state index contributed by atoms with van der Waals surface area (Å²) in [7, 11) is 0. The molecule has 1 aromatic rings. The SMILES string of the molecule is CCNC(Cc1ccn(C(C)C)n1)C(C)(C)C. The van der Waals surface area contributed by atoms with Gasteiger partial charge in [0.2, 0.25) is 0 Å². The van der Waals surface area contributed by atoms with Gasteiger partial charge in [-0.05, 0) is 31.9 Å². The Labute approximate surface area is 106 Å². The van der Waals surface area contributed by atoms with Crippen molar-refractivity contribution in [3.8, 4) is 0 Å². The Balaban J connectivity index is 2.72. The van der Waals surface area contributed by atoms with Crippen molar-refractivity contribution in [1.82, 2.24) is 15.1 Å². The molecular formula is C14H27N3. The molecule has 0 aliphatic heterocycles. The molecule has 1 rings (SSSR count). The van der Waals surface area contributed by atoms with Crippen LogP contribution in [0.2, 0.25) is 0 Å². The molecular weight excluding hydrogens is 210 g/mol. The molecule has 3 heteroatoms. The summed E-state index contributed by atoms with van der Waals surface area (Å²) in [5.41, 5.74) is 1.44. The number of hydrogen-bond acceptors (Lipinski definition) is 2. The second-order valence-corrected chi connectivity index (χ2v) is 6.06. The largest absolute Gasteiger partial charge is 0.313 e. The van der Waals surface area contributed by atoms with Gasteiger partial charge < -0.3 is 5.32 Å². The number of aromatic nitrogens is 2. The van der Waals surface area contributed by atoms with E-state index in [1.165, 1.54) is 5.69 Å². The van der Waals surface area contributed by atoms with E-state index in [0.29, 0.717) is 12.1 Å². The summed E-state index contributed by atoms with van der Waals surface area (Å²) >= 11 is 0. The van der Waals surface area contributed by atoms with Crippen molar-refractivity contribution in [2.24, 2.45) is 5.41 Å². The smallest absolute Gasteiger partial charge is 0.0640 e. The van der Waals surface area contributed by atoms with Gasteiger partial charge in [-0.25, -0.2) is 0 Å². The highest BCUT2D eigenvalue weighted by Crippen LogP contribution is 2.22.